The Hall–Kier alpha value is -3.69. The third-order valence-electron chi connectivity index (χ3n) is 3.86. The molecule has 2 rings (SSSR count). The van der Waals surface area contributed by atoms with Crippen LogP contribution in [0.25, 0.3) is 0 Å². The fourth-order valence-corrected chi connectivity index (χ4v) is 2.40. The zero-order valence-electron chi connectivity index (χ0n) is 15.9. The van der Waals surface area contributed by atoms with Gasteiger partial charge in [0.1, 0.15) is 5.75 Å². The van der Waals surface area contributed by atoms with Crippen molar-refractivity contribution < 1.29 is 28.7 Å². The lowest BCUT2D eigenvalue weighted by Gasteiger charge is -2.08. The molecule has 0 saturated heterocycles. The van der Waals surface area contributed by atoms with Crippen molar-refractivity contribution in [2.45, 2.75) is 13.8 Å². The molecule has 1 aromatic carbocycles. The van der Waals surface area contributed by atoms with E-state index >= 15 is 0 Å². The standard InChI is InChI=1S/C18H20N4O6/c1-10-15(11(2)22(3)21-10)16(24)17(25)28-9-14(23)20-18(26)19-12-5-7-13(27-4)8-6-12/h5-8H,9H2,1-4H3,(H2,19,20,23,26). The van der Waals surface area contributed by atoms with Gasteiger partial charge in [-0.1, -0.05) is 0 Å². The minimum absolute atomic E-state index is 0.130. The van der Waals surface area contributed by atoms with E-state index in [1.807, 2.05) is 5.32 Å². The predicted molar refractivity (Wildman–Crippen MR) is 98.1 cm³/mol. The number of benzene rings is 1. The molecule has 1 aromatic heterocycles. The number of rotatable bonds is 6. The Kier molecular flexibility index (Phi) is 6.48. The minimum Gasteiger partial charge on any atom is -0.497 e. The number of hydrogen-bond acceptors (Lipinski definition) is 7. The second-order valence-corrected chi connectivity index (χ2v) is 5.81. The Morgan fingerprint density at radius 1 is 1.11 bits per heavy atom. The number of carbonyl (C=O) groups is 4. The van der Waals surface area contributed by atoms with Crippen LogP contribution in [0.4, 0.5) is 10.5 Å². The number of aromatic nitrogens is 2. The Morgan fingerprint density at radius 2 is 1.75 bits per heavy atom. The highest BCUT2D eigenvalue weighted by Gasteiger charge is 2.26. The molecule has 0 bridgehead atoms. The normalized spacial score (nSPS) is 10.1. The van der Waals surface area contributed by atoms with Gasteiger partial charge in [0.2, 0.25) is 0 Å². The van der Waals surface area contributed by atoms with E-state index in [1.165, 1.54) is 11.8 Å². The monoisotopic (exact) mass is 388 g/mol. The molecule has 0 aliphatic carbocycles. The smallest absolute Gasteiger partial charge is 0.380 e. The lowest BCUT2D eigenvalue weighted by Crippen LogP contribution is -2.37. The maximum atomic E-state index is 12.2. The summed E-state index contributed by atoms with van der Waals surface area (Å²) in [6.07, 6.45) is 0. The lowest BCUT2D eigenvalue weighted by molar-refractivity contribution is -0.143. The summed E-state index contributed by atoms with van der Waals surface area (Å²) >= 11 is 0. The van der Waals surface area contributed by atoms with Gasteiger partial charge in [0, 0.05) is 18.4 Å². The van der Waals surface area contributed by atoms with Gasteiger partial charge in [0.05, 0.1) is 18.4 Å². The van der Waals surface area contributed by atoms with E-state index < -0.39 is 30.3 Å². The molecule has 0 radical (unpaired) electrons. The topological polar surface area (TPSA) is 129 Å². The average molecular weight is 388 g/mol. The third-order valence-corrected chi connectivity index (χ3v) is 3.86. The fourth-order valence-electron chi connectivity index (χ4n) is 2.40. The second-order valence-electron chi connectivity index (χ2n) is 5.81. The highest BCUT2D eigenvalue weighted by molar-refractivity contribution is 6.41. The maximum Gasteiger partial charge on any atom is 0.380 e. The van der Waals surface area contributed by atoms with Crippen molar-refractivity contribution in [2.24, 2.45) is 7.05 Å². The summed E-state index contributed by atoms with van der Waals surface area (Å²) in [4.78, 5) is 47.6. The van der Waals surface area contributed by atoms with E-state index in [0.29, 0.717) is 22.8 Å². The number of Topliss-reactive ketones (excluding diaryl/α,β-unsaturated/α-hetero) is 1. The van der Waals surface area contributed by atoms with Gasteiger partial charge in [-0.2, -0.15) is 5.10 Å². The molecule has 0 fully saturated rings. The SMILES string of the molecule is COc1ccc(NC(=O)NC(=O)COC(=O)C(=O)c2c(C)nn(C)c2C)cc1. The number of hydrogen-bond donors (Lipinski definition) is 2. The van der Waals surface area contributed by atoms with Gasteiger partial charge >= 0.3 is 12.0 Å². The van der Waals surface area contributed by atoms with Crippen LogP contribution in [0.3, 0.4) is 0 Å². The quantitative estimate of drug-likeness (QED) is 0.431. The number of aryl methyl sites for hydroxylation is 2. The molecule has 0 aliphatic rings. The van der Waals surface area contributed by atoms with Crippen LogP contribution in [0.15, 0.2) is 24.3 Å². The molecule has 10 heteroatoms. The number of ether oxygens (including phenoxy) is 2. The van der Waals surface area contributed by atoms with E-state index in [0.717, 1.165) is 0 Å². The number of methoxy groups -OCH3 is 1. The molecule has 148 valence electrons. The summed E-state index contributed by atoms with van der Waals surface area (Å²) in [5.74, 6) is -2.38. The van der Waals surface area contributed by atoms with E-state index in [-0.39, 0.29) is 5.56 Å². The van der Waals surface area contributed by atoms with Crippen molar-refractivity contribution in [3.8, 4) is 5.75 Å². The predicted octanol–water partition coefficient (Wildman–Crippen LogP) is 1.12. The van der Waals surface area contributed by atoms with Gasteiger partial charge in [-0.25, -0.2) is 9.59 Å². The molecule has 0 saturated carbocycles. The Bertz CT molecular complexity index is 917. The van der Waals surface area contributed by atoms with E-state index in [4.69, 9.17) is 4.74 Å². The molecule has 2 N–H and O–H groups in total. The van der Waals surface area contributed by atoms with Crippen molar-refractivity contribution in [1.82, 2.24) is 15.1 Å². The van der Waals surface area contributed by atoms with Crippen LogP contribution in [-0.4, -0.2) is 47.2 Å². The summed E-state index contributed by atoms with van der Waals surface area (Å²) in [7, 11) is 3.15. The second kappa shape index (κ2) is 8.80. The minimum atomic E-state index is -1.20. The molecule has 28 heavy (non-hydrogen) atoms. The van der Waals surface area contributed by atoms with Crippen LogP contribution < -0.4 is 15.4 Å². The van der Waals surface area contributed by atoms with Gasteiger partial charge < -0.3 is 14.8 Å². The first kappa shape index (κ1) is 20.6. The van der Waals surface area contributed by atoms with Crippen molar-refractivity contribution in [3.05, 3.63) is 41.2 Å². The van der Waals surface area contributed by atoms with Gasteiger partial charge in [0.15, 0.2) is 6.61 Å². The Balaban J connectivity index is 1.84. The zero-order chi connectivity index (χ0) is 20.8. The molecule has 2 aromatic rings. The zero-order valence-corrected chi connectivity index (χ0v) is 15.9. The molecular weight excluding hydrogens is 368 g/mol. The average Bonchev–Trinajstić information content (AvgIpc) is 2.91. The molecule has 10 nitrogen and oxygen atoms in total. The largest absolute Gasteiger partial charge is 0.497 e. The first-order valence-electron chi connectivity index (χ1n) is 8.19. The number of nitrogens with one attached hydrogen (secondary N) is 2. The number of ketones is 1. The van der Waals surface area contributed by atoms with Gasteiger partial charge in [-0.05, 0) is 38.1 Å². The number of urea groups is 1. The van der Waals surface area contributed by atoms with Crippen LogP contribution in [0, 0.1) is 13.8 Å². The van der Waals surface area contributed by atoms with E-state index in [2.05, 4.69) is 15.2 Å². The summed E-state index contributed by atoms with van der Waals surface area (Å²) in [5, 5.41) is 8.47. The molecule has 0 aliphatic heterocycles. The number of anilines is 1. The molecule has 1 heterocycles. The maximum absolute atomic E-state index is 12.2. The third kappa shape index (κ3) is 4.93. The lowest BCUT2D eigenvalue weighted by atomic mass is 10.1. The van der Waals surface area contributed by atoms with Crippen molar-refractivity contribution >= 4 is 29.4 Å². The van der Waals surface area contributed by atoms with Crippen LogP contribution >= 0.6 is 0 Å². The Labute approximate surface area is 160 Å². The first-order chi connectivity index (χ1) is 13.2. The first-order valence-corrected chi connectivity index (χ1v) is 8.19. The molecule has 0 spiro atoms. The number of nitrogens with zero attached hydrogens (tertiary/aromatic N) is 2. The van der Waals surface area contributed by atoms with Gasteiger partial charge in [0.25, 0.3) is 11.7 Å². The fraction of sp³-hybridized carbons (Fsp3) is 0.278. The summed E-state index contributed by atoms with van der Waals surface area (Å²) < 4.78 is 11.1. The van der Waals surface area contributed by atoms with Crippen LogP contribution in [0.1, 0.15) is 21.7 Å². The highest BCUT2D eigenvalue weighted by Crippen LogP contribution is 2.15. The number of esters is 1. The molecule has 3 amide bonds. The summed E-state index contributed by atoms with van der Waals surface area (Å²) in [5.41, 5.74) is 1.44. The van der Waals surface area contributed by atoms with Crippen LogP contribution in [0.5, 0.6) is 5.75 Å². The van der Waals surface area contributed by atoms with E-state index in [1.54, 1.807) is 45.2 Å². The molecular formula is C18H20N4O6. The van der Waals surface area contributed by atoms with Crippen LogP contribution in [0.2, 0.25) is 0 Å². The van der Waals surface area contributed by atoms with Gasteiger partial charge in [-0.3, -0.25) is 19.6 Å². The summed E-state index contributed by atoms with van der Waals surface area (Å²) in [6.45, 7) is 2.44. The summed E-state index contributed by atoms with van der Waals surface area (Å²) in [6, 6.07) is 5.62. The number of carbonyl (C=O) groups excluding carboxylic acids is 4. The van der Waals surface area contributed by atoms with Crippen molar-refractivity contribution in [2.75, 3.05) is 19.0 Å². The molecule has 0 atom stereocenters. The van der Waals surface area contributed by atoms with E-state index in [9.17, 15) is 19.2 Å². The number of amides is 3. The molecule has 0 unspecified atom stereocenters. The highest BCUT2D eigenvalue weighted by atomic mass is 16.5. The van der Waals surface area contributed by atoms with Crippen LogP contribution in [-0.2, 0) is 21.4 Å². The van der Waals surface area contributed by atoms with Gasteiger partial charge in [-0.15, -0.1) is 0 Å². The Morgan fingerprint density at radius 3 is 2.29 bits per heavy atom. The van der Waals surface area contributed by atoms with Crippen molar-refractivity contribution in [1.29, 1.82) is 0 Å². The number of imide groups is 1. The van der Waals surface area contributed by atoms with Crippen molar-refractivity contribution in [3.63, 3.8) is 0 Å².